The standard InChI is InChI=1S/C21H19ClN6/c1-27-19(23)17-18(14-6-8-16(22)9-7-14)24-21(25-20(17)26-27)28-11-10-13-4-2-3-5-15(13)12-28/h2-9H,10-12,23H2,1H3. The minimum absolute atomic E-state index is 0.551. The first-order valence-corrected chi connectivity index (χ1v) is 9.56. The van der Waals surface area contributed by atoms with Crippen LogP contribution in [0.25, 0.3) is 22.3 Å². The first-order chi connectivity index (χ1) is 13.6. The van der Waals surface area contributed by atoms with E-state index in [1.165, 1.54) is 11.1 Å². The van der Waals surface area contributed by atoms with Gasteiger partial charge in [0.2, 0.25) is 5.95 Å². The maximum absolute atomic E-state index is 6.28. The Kier molecular flexibility index (Phi) is 3.94. The Morgan fingerprint density at radius 1 is 1.00 bits per heavy atom. The second kappa shape index (κ2) is 6.49. The summed E-state index contributed by atoms with van der Waals surface area (Å²) in [7, 11) is 1.82. The average molecular weight is 391 g/mol. The second-order valence-electron chi connectivity index (χ2n) is 7.03. The third-order valence-electron chi connectivity index (χ3n) is 5.26. The van der Waals surface area contributed by atoms with Crippen LogP contribution in [0.1, 0.15) is 11.1 Å². The smallest absolute Gasteiger partial charge is 0.228 e. The SMILES string of the molecule is Cn1nc2nc(N3CCc4ccccc4C3)nc(-c3ccc(Cl)cc3)c2c1N. The Morgan fingerprint density at radius 3 is 2.54 bits per heavy atom. The van der Waals surface area contributed by atoms with Gasteiger partial charge in [-0.05, 0) is 29.7 Å². The Morgan fingerprint density at radius 2 is 1.75 bits per heavy atom. The number of hydrogen-bond donors (Lipinski definition) is 1. The van der Waals surface area contributed by atoms with Crippen LogP contribution in [0.2, 0.25) is 5.02 Å². The average Bonchev–Trinajstić information content (AvgIpc) is 3.01. The van der Waals surface area contributed by atoms with Gasteiger partial charge < -0.3 is 10.6 Å². The molecule has 2 aromatic heterocycles. The minimum Gasteiger partial charge on any atom is -0.383 e. The van der Waals surface area contributed by atoms with Crippen molar-refractivity contribution in [2.45, 2.75) is 13.0 Å². The summed E-state index contributed by atoms with van der Waals surface area (Å²) in [5.41, 5.74) is 11.3. The van der Waals surface area contributed by atoms with E-state index in [2.05, 4.69) is 34.3 Å². The highest BCUT2D eigenvalue weighted by atomic mass is 35.5. The lowest BCUT2D eigenvalue weighted by Gasteiger charge is -2.29. The van der Waals surface area contributed by atoms with Gasteiger partial charge >= 0.3 is 0 Å². The van der Waals surface area contributed by atoms with E-state index in [4.69, 9.17) is 27.3 Å². The molecule has 0 atom stereocenters. The van der Waals surface area contributed by atoms with E-state index in [0.29, 0.717) is 22.4 Å². The fourth-order valence-corrected chi connectivity index (χ4v) is 3.85. The molecule has 0 saturated carbocycles. The maximum atomic E-state index is 6.28. The molecule has 0 saturated heterocycles. The zero-order chi connectivity index (χ0) is 19.3. The van der Waals surface area contributed by atoms with Gasteiger partial charge in [-0.15, -0.1) is 0 Å². The van der Waals surface area contributed by atoms with Crippen LogP contribution in [0.3, 0.4) is 0 Å². The van der Waals surface area contributed by atoms with Crippen LogP contribution in [0.15, 0.2) is 48.5 Å². The van der Waals surface area contributed by atoms with Gasteiger partial charge in [-0.25, -0.2) is 4.98 Å². The van der Waals surface area contributed by atoms with Gasteiger partial charge in [0.05, 0.1) is 11.1 Å². The Balaban J connectivity index is 1.66. The molecule has 2 N–H and O–H groups in total. The van der Waals surface area contributed by atoms with Crippen molar-refractivity contribution in [3.8, 4) is 11.3 Å². The van der Waals surface area contributed by atoms with Crippen LogP contribution in [0.4, 0.5) is 11.8 Å². The van der Waals surface area contributed by atoms with Gasteiger partial charge in [-0.1, -0.05) is 48.0 Å². The van der Waals surface area contributed by atoms with E-state index in [9.17, 15) is 0 Å². The van der Waals surface area contributed by atoms with E-state index in [0.717, 1.165) is 36.2 Å². The summed E-state index contributed by atoms with van der Waals surface area (Å²) in [6.07, 6.45) is 0.970. The van der Waals surface area contributed by atoms with Gasteiger partial charge in [-0.3, -0.25) is 4.68 Å². The topological polar surface area (TPSA) is 72.9 Å². The first-order valence-electron chi connectivity index (χ1n) is 9.18. The van der Waals surface area contributed by atoms with Crippen molar-refractivity contribution in [2.75, 3.05) is 17.2 Å². The van der Waals surface area contributed by atoms with Gasteiger partial charge in [0.1, 0.15) is 5.82 Å². The lowest BCUT2D eigenvalue weighted by atomic mass is 10.0. The normalized spacial score (nSPS) is 13.7. The van der Waals surface area contributed by atoms with Crippen molar-refractivity contribution in [1.82, 2.24) is 19.7 Å². The van der Waals surface area contributed by atoms with Crippen LogP contribution in [-0.4, -0.2) is 26.3 Å². The zero-order valence-corrected chi connectivity index (χ0v) is 16.2. The molecule has 0 bridgehead atoms. The predicted molar refractivity (Wildman–Crippen MR) is 112 cm³/mol. The molecule has 7 heteroatoms. The molecule has 2 aromatic carbocycles. The number of nitrogens with zero attached hydrogens (tertiary/aromatic N) is 5. The summed E-state index contributed by atoms with van der Waals surface area (Å²) in [4.78, 5) is 11.8. The molecule has 0 aliphatic carbocycles. The Labute approximate surface area is 167 Å². The monoisotopic (exact) mass is 390 g/mol. The number of anilines is 2. The molecule has 4 aromatic rings. The molecule has 1 aliphatic rings. The number of rotatable bonds is 2. The fourth-order valence-electron chi connectivity index (χ4n) is 3.73. The Bertz CT molecular complexity index is 1180. The van der Waals surface area contributed by atoms with Crippen molar-refractivity contribution in [3.05, 3.63) is 64.7 Å². The predicted octanol–water partition coefficient (Wildman–Crippen LogP) is 3.83. The van der Waals surface area contributed by atoms with E-state index in [-0.39, 0.29) is 0 Å². The van der Waals surface area contributed by atoms with E-state index >= 15 is 0 Å². The third kappa shape index (κ3) is 2.77. The van der Waals surface area contributed by atoms with Crippen LogP contribution < -0.4 is 10.6 Å². The molecule has 0 spiro atoms. The summed E-state index contributed by atoms with van der Waals surface area (Å²) in [6.45, 7) is 1.65. The van der Waals surface area contributed by atoms with Crippen LogP contribution in [0, 0.1) is 0 Å². The molecule has 0 radical (unpaired) electrons. The molecule has 0 unspecified atom stereocenters. The van der Waals surface area contributed by atoms with E-state index in [1.807, 2.05) is 31.3 Å². The van der Waals surface area contributed by atoms with Gasteiger partial charge in [0.25, 0.3) is 0 Å². The van der Waals surface area contributed by atoms with Crippen molar-refractivity contribution in [3.63, 3.8) is 0 Å². The summed E-state index contributed by atoms with van der Waals surface area (Å²) in [5.74, 6) is 1.22. The molecule has 0 fully saturated rings. The lowest BCUT2D eigenvalue weighted by molar-refractivity contribution is 0.709. The molecule has 0 amide bonds. The van der Waals surface area contributed by atoms with E-state index < -0.39 is 0 Å². The maximum Gasteiger partial charge on any atom is 0.228 e. The highest BCUT2D eigenvalue weighted by molar-refractivity contribution is 6.30. The third-order valence-corrected chi connectivity index (χ3v) is 5.51. The zero-order valence-electron chi connectivity index (χ0n) is 15.4. The lowest BCUT2D eigenvalue weighted by Crippen LogP contribution is -2.31. The van der Waals surface area contributed by atoms with Crippen molar-refractivity contribution in [1.29, 1.82) is 0 Å². The number of aromatic nitrogens is 4. The number of benzene rings is 2. The number of nitrogen functional groups attached to an aromatic ring is 1. The van der Waals surface area contributed by atoms with Crippen molar-refractivity contribution in [2.24, 2.45) is 7.05 Å². The van der Waals surface area contributed by atoms with E-state index in [1.54, 1.807) is 4.68 Å². The van der Waals surface area contributed by atoms with Crippen LogP contribution in [0.5, 0.6) is 0 Å². The fraction of sp³-hybridized carbons (Fsp3) is 0.190. The summed E-state index contributed by atoms with van der Waals surface area (Å²) in [5, 5.41) is 5.96. The van der Waals surface area contributed by atoms with Crippen molar-refractivity contribution < 1.29 is 0 Å². The quantitative estimate of drug-likeness (QED) is 0.563. The number of halogens is 1. The summed E-state index contributed by atoms with van der Waals surface area (Å²) >= 11 is 6.07. The minimum atomic E-state index is 0.551. The molecule has 3 heterocycles. The molecule has 28 heavy (non-hydrogen) atoms. The first kappa shape index (κ1) is 17.0. The molecule has 6 nitrogen and oxygen atoms in total. The van der Waals surface area contributed by atoms with Crippen LogP contribution in [-0.2, 0) is 20.0 Å². The number of aryl methyl sites for hydroxylation is 1. The highest BCUT2D eigenvalue weighted by Gasteiger charge is 2.22. The molecular formula is C21H19ClN6. The molecule has 140 valence electrons. The number of fused-ring (bicyclic) bond motifs is 2. The van der Waals surface area contributed by atoms with Crippen molar-refractivity contribution >= 4 is 34.4 Å². The number of hydrogen-bond acceptors (Lipinski definition) is 5. The number of nitrogens with two attached hydrogens (primary N) is 1. The second-order valence-corrected chi connectivity index (χ2v) is 7.46. The van der Waals surface area contributed by atoms with Crippen LogP contribution >= 0.6 is 11.6 Å². The van der Waals surface area contributed by atoms with Gasteiger partial charge in [0, 0.05) is 30.7 Å². The Hall–Kier alpha value is -3.12. The molecule has 5 rings (SSSR count). The van der Waals surface area contributed by atoms with Gasteiger partial charge in [0.15, 0.2) is 5.65 Å². The molecule has 1 aliphatic heterocycles. The molecular weight excluding hydrogens is 372 g/mol. The summed E-state index contributed by atoms with van der Waals surface area (Å²) < 4.78 is 1.65. The highest BCUT2D eigenvalue weighted by Crippen LogP contribution is 2.33. The van der Waals surface area contributed by atoms with Gasteiger partial charge in [-0.2, -0.15) is 10.1 Å². The summed E-state index contributed by atoms with van der Waals surface area (Å²) in [6, 6.07) is 16.1. The largest absolute Gasteiger partial charge is 0.383 e.